The SMILES string of the molecule is O=C(O)CSC1=NN=C(c2ccc(-c3ccccc3C(F)(F)F)o2)C1. The summed E-state index contributed by atoms with van der Waals surface area (Å²) in [5, 5.41) is 17.0. The fraction of sp³-hybridized carbons (Fsp3) is 0.188. The highest BCUT2D eigenvalue weighted by molar-refractivity contribution is 8.14. The van der Waals surface area contributed by atoms with Crippen LogP contribution in [-0.2, 0) is 11.0 Å². The summed E-state index contributed by atoms with van der Waals surface area (Å²) in [5.41, 5.74) is -0.386. The van der Waals surface area contributed by atoms with Crippen LogP contribution in [0.1, 0.15) is 17.7 Å². The van der Waals surface area contributed by atoms with E-state index in [4.69, 9.17) is 9.52 Å². The molecular formula is C16H11F3N2O3S. The molecular weight excluding hydrogens is 357 g/mol. The normalized spacial score (nSPS) is 14.4. The smallest absolute Gasteiger partial charge is 0.417 e. The molecule has 1 N–H and O–H groups in total. The van der Waals surface area contributed by atoms with Gasteiger partial charge in [0.1, 0.15) is 16.5 Å². The maximum atomic E-state index is 13.1. The monoisotopic (exact) mass is 368 g/mol. The second-order valence-electron chi connectivity index (χ2n) is 5.11. The van der Waals surface area contributed by atoms with Crippen LogP contribution in [0.25, 0.3) is 11.3 Å². The second kappa shape index (κ2) is 6.75. The Hall–Kier alpha value is -2.55. The predicted molar refractivity (Wildman–Crippen MR) is 87.8 cm³/mol. The average molecular weight is 368 g/mol. The Bertz CT molecular complexity index is 872. The molecule has 3 rings (SSSR count). The third-order valence-corrected chi connectivity index (χ3v) is 4.30. The van der Waals surface area contributed by atoms with E-state index >= 15 is 0 Å². The fourth-order valence-corrected chi connectivity index (χ4v) is 2.90. The first kappa shape index (κ1) is 17.3. The zero-order valence-corrected chi connectivity index (χ0v) is 13.4. The Labute approximate surface area is 144 Å². The lowest BCUT2D eigenvalue weighted by atomic mass is 10.1. The molecule has 0 atom stereocenters. The number of thioether (sulfide) groups is 1. The maximum absolute atomic E-state index is 13.1. The van der Waals surface area contributed by atoms with Crippen LogP contribution in [0.15, 0.2) is 51.0 Å². The van der Waals surface area contributed by atoms with Crippen molar-refractivity contribution in [2.45, 2.75) is 12.6 Å². The molecule has 0 saturated carbocycles. The molecule has 25 heavy (non-hydrogen) atoms. The molecule has 0 spiro atoms. The van der Waals surface area contributed by atoms with Gasteiger partial charge in [-0.3, -0.25) is 4.79 Å². The van der Waals surface area contributed by atoms with Crippen molar-refractivity contribution in [3.05, 3.63) is 47.7 Å². The van der Waals surface area contributed by atoms with Crippen molar-refractivity contribution in [3.63, 3.8) is 0 Å². The zero-order chi connectivity index (χ0) is 18.0. The molecule has 1 aromatic carbocycles. The van der Waals surface area contributed by atoms with Gasteiger partial charge in [0, 0.05) is 12.0 Å². The highest BCUT2D eigenvalue weighted by Gasteiger charge is 2.34. The number of carbonyl (C=O) groups is 1. The molecule has 0 fully saturated rings. The highest BCUT2D eigenvalue weighted by atomic mass is 32.2. The molecule has 0 bridgehead atoms. The van der Waals surface area contributed by atoms with Crippen LogP contribution in [0, 0.1) is 0 Å². The minimum atomic E-state index is -4.49. The van der Waals surface area contributed by atoms with Crippen molar-refractivity contribution in [3.8, 4) is 11.3 Å². The fourth-order valence-electron chi connectivity index (χ4n) is 2.27. The molecule has 0 unspecified atom stereocenters. The van der Waals surface area contributed by atoms with Gasteiger partial charge < -0.3 is 9.52 Å². The number of alkyl halides is 3. The number of hydrogen-bond donors (Lipinski definition) is 1. The van der Waals surface area contributed by atoms with Gasteiger partial charge in [-0.15, -0.1) is 5.10 Å². The second-order valence-corrected chi connectivity index (χ2v) is 6.16. The summed E-state index contributed by atoms with van der Waals surface area (Å²) in [6, 6.07) is 8.13. The lowest BCUT2D eigenvalue weighted by molar-refractivity contribution is -0.137. The number of carboxylic acids is 1. The number of hydrogen-bond acceptors (Lipinski definition) is 5. The summed E-state index contributed by atoms with van der Waals surface area (Å²) >= 11 is 1.05. The third-order valence-electron chi connectivity index (χ3n) is 3.35. The Balaban J connectivity index is 1.78. The first-order valence-electron chi connectivity index (χ1n) is 7.09. The predicted octanol–water partition coefficient (Wildman–Crippen LogP) is 4.29. The van der Waals surface area contributed by atoms with Gasteiger partial charge in [0.05, 0.1) is 11.3 Å². The van der Waals surface area contributed by atoms with Crippen LogP contribution in [0.2, 0.25) is 0 Å². The number of nitrogens with zero attached hydrogens (tertiary/aromatic N) is 2. The molecule has 0 aliphatic carbocycles. The Kier molecular flexibility index (Phi) is 4.67. The molecule has 1 aliphatic rings. The number of furan rings is 1. The van der Waals surface area contributed by atoms with Gasteiger partial charge in [0.2, 0.25) is 0 Å². The molecule has 5 nitrogen and oxygen atoms in total. The van der Waals surface area contributed by atoms with Gasteiger partial charge in [0.15, 0.2) is 5.76 Å². The van der Waals surface area contributed by atoms with E-state index in [2.05, 4.69) is 10.2 Å². The number of aliphatic carboxylic acids is 1. The van der Waals surface area contributed by atoms with E-state index in [1.165, 1.54) is 30.3 Å². The average Bonchev–Trinajstić information content (AvgIpc) is 3.21. The van der Waals surface area contributed by atoms with E-state index in [1.54, 1.807) is 0 Å². The Morgan fingerprint density at radius 1 is 1.16 bits per heavy atom. The number of benzene rings is 1. The zero-order valence-electron chi connectivity index (χ0n) is 12.6. The van der Waals surface area contributed by atoms with Gasteiger partial charge in [-0.05, 0) is 18.2 Å². The first-order chi connectivity index (χ1) is 11.8. The maximum Gasteiger partial charge on any atom is 0.417 e. The molecule has 1 aromatic heterocycles. The Morgan fingerprint density at radius 3 is 2.60 bits per heavy atom. The highest BCUT2D eigenvalue weighted by Crippen LogP contribution is 2.37. The molecule has 2 heterocycles. The van der Waals surface area contributed by atoms with Gasteiger partial charge in [0.25, 0.3) is 0 Å². The number of rotatable bonds is 4. The topological polar surface area (TPSA) is 75.2 Å². The summed E-state index contributed by atoms with van der Waals surface area (Å²) in [6.45, 7) is 0. The van der Waals surface area contributed by atoms with Crippen molar-refractivity contribution in [2.75, 3.05) is 5.75 Å². The Morgan fingerprint density at radius 2 is 1.88 bits per heavy atom. The first-order valence-corrected chi connectivity index (χ1v) is 8.08. The van der Waals surface area contributed by atoms with E-state index in [0.29, 0.717) is 16.5 Å². The van der Waals surface area contributed by atoms with Gasteiger partial charge in [-0.1, -0.05) is 30.0 Å². The molecule has 9 heteroatoms. The van der Waals surface area contributed by atoms with E-state index in [-0.39, 0.29) is 23.5 Å². The van der Waals surface area contributed by atoms with Crippen LogP contribution < -0.4 is 0 Å². The van der Waals surface area contributed by atoms with Gasteiger partial charge in [-0.25, -0.2) is 0 Å². The molecule has 0 radical (unpaired) electrons. The van der Waals surface area contributed by atoms with Crippen molar-refractivity contribution >= 4 is 28.5 Å². The largest absolute Gasteiger partial charge is 0.481 e. The van der Waals surface area contributed by atoms with Crippen LogP contribution in [0.4, 0.5) is 13.2 Å². The van der Waals surface area contributed by atoms with Crippen LogP contribution in [-0.4, -0.2) is 27.6 Å². The molecule has 130 valence electrons. The van der Waals surface area contributed by atoms with E-state index < -0.39 is 17.7 Å². The van der Waals surface area contributed by atoms with Gasteiger partial charge in [-0.2, -0.15) is 18.3 Å². The summed E-state index contributed by atoms with van der Waals surface area (Å²) in [6.07, 6.45) is -4.20. The summed E-state index contributed by atoms with van der Waals surface area (Å²) in [5.74, 6) is -0.714. The standard InChI is InChI=1S/C16H11F3N2O3S/c17-16(18,19)10-4-2-1-3-9(10)12-5-6-13(24-12)11-7-14(21-20-11)25-8-15(22)23/h1-6H,7-8H2,(H,22,23). The summed E-state index contributed by atoms with van der Waals surface area (Å²) in [4.78, 5) is 10.6. The molecule has 2 aromatic rings. The lowest BCUT2D eigenvalue weighted by Crippen LogP contribution is -2.06. The van der Waals surface area contributed by atoms with Crippen molar-refractivity contribution in [1.82, 2.24) is 0 Å². The van der Waals surface area contributed by atoms with Crippen molar-refractivity contribution in [1.29, 1.82) is 0 Å². The van der Waals surface area contributed by atoms with Crippen molar-refractivity contribution in [2.24, 2.45) is 10.2 Å². The quantitative estimate of drug-likeness (QED) is 0.874. The third kappa shape index (κ3) is 3.93. The minimum Gasteiger partial charge on any atom is -0.481 e. The van der Waals surface area contributed by atoms with Crippen LogP contribution in [0.3, 0.4) is 0 Å². The minimum absolute atomic E-state index is 0.0544. The van der Waals surface area contributed by atoms with Crippen LogP contribution in [0.5, 0.6) is 0 Å². The number of carboxylic acid groups (broad SMARTS) is 1. The van der Waals surface area contributed by atoms with E-state index in [1.807, 2.05) is 0 Å². The molecule has 0 amide bonds. The number of halogens is 3. The van der Waals surface area contributed by atoms with E-state index in [0.717, 1.165) is 17.8 Å². The lowest BCUT2D eigenvalue weighted by Gasteiger charge is -2.10. The summed E-state index contributed by atoms with van der Waals surface area (Å²) < 4.78 is 44.9. The van der Waals surface area contributed by atoms with Gasteiger partial charge >= 0.3 is 12.1 Å². The molecule has 1 aliphatic heterocycles. The van der Waals surface area contributed by atoms with E-state index in [9.17, 15) is 18.0 Å². The molecule has 0 saturated heterocycles. The van der Waals surface area contributed by atoms with Crippen LogP contribution >= 0.6 is 11.8 Å². The van der Waals surface area contributed by atoms with Crippen molar-refractivity contribution < 1.29 is 27.5 Å². The summed E-state index contributed by atoms with van der Waals surface area (Å²) in [7, 11) is 0.